The predicted molar refractivity (Wildman–Crippen MR) is 134 cm³/mol. The van der Waals surface area contributed by atoms with Gasteiger partial charge in [-0.15, -0.1) is 0 Å². The first-order valence-corrected chi connectivity index (χ1v) is 12.6. The van der Waals surface area contributed by atoms with E-state index in [4.69, 9.17) is 4.74 Å². The van der Waals surface area contributed by atoms with Crippen molar-refractivity contribution in [2.75, 3.05) is 6.61 Å². The Bertz CT molecular complexity index is 857. The number of nitrogens with one attached hydrogen (secondary N) is 1. The Morgan fingerprint density at radius 1 is 0.971 bits per heavy atom. The molecule has 4 atom stereocenters. The largest absolute Gasteiger partial charge is 0.452 e. The number of carbonyl (C=O) groups is 2. The number of aliphatic hydroxyl groups excluding tert-OH is 1. The van der Waals surface area contributed by atoms with Gasteiger partial charge in [0.2, 0.25) is 5.91 Å². The highest BCUT2D eigenvalue weighted by atomic mass is 16.5. The first-order valence-electron chi connectivity index (χ1n) is 12.6. The summed E-state index contributed by atoms with van der Waals surface area (Å²) in [6.45, 7) is 5.89. The Morgan fingerprint density at radius 3 is 2.00 bits per heavy atom. The van der Waals surface area contributed by atoms with Crippen LogP contribution < -0.4 is 5.32 Å². The maximum atomic E-state index is 13.4. The molecule has 0 saturated heterocycles. The second-order valence-electron chi connectivity index (χ2n) is 9.64. The van der Waals surface area contributed by atoms with Gasteiger partial charge in [0.1, 0.15) is 0 Å². The first-order chi connectivity index (χ1) is 16.5. The number of aliphatic hydroxyl groups is 1. The van der Waals surface area contributed by atoms with Crippen molar-refractivity contribution in [2.45, 2.75) is 65.0 Å². The van der Waals surface area contributed by atoms with Crippen LogP contribution in [0.25, 0.3) is 0 Å². The molecule has 5 heteroatoms. The van der Waals surface area contributed by atoms with Crippen LogP contribution in [0.2, 0.25) is 0 Å². The number of ether oxygens (including phenoxy) is 1. The summed E-state index contributed by atoms with van der Waals surface area (Å²) >= 11 is 0. The van der Waals surface area contributed by atoms with Crippen molar-refractivity contribution in [1.29, 1.82) is 0 Å². The lowest BCUT2D eigenvalue weighted by atomic mass is 9.82. The van der Waals surface area contributed by atoms with Crippen LogP contribution in [0.4, 0.5) is 0 Å². The zero-order valence-electron chi connectivity index (χ0n) is 20.7. The van der Waals surface area contributed by atoms with E-state index in [1.807, 2.05) is 60.7 Å². The van der Waals surface area contributed by atoms with Crippen LogP contribution >= 0.6 is 0 Å². The zero-order valence-corrected chi connectivity index (χ0v) is 20.7. The van der Waals surface area contributed by atoms with Crippen molar-refractivity contribution in [1.82, 2.24) is 5.32 Å². The molecule has 1 fully saturated rings. The van der Waals surface area contributed by atoms with Gasteiger partial charge in [0.15, 0.2) is 6.10 Å². The predicted octanol–water partition coefficient (Wildman–Crippen LogP) is 5.28. The lowest BCUT2D eigenvalue weighted by Crippen LogP contribution is -2.42. The third kappa shape index (κ3) is 6.69. The first kappa shape index (κ1) is 26.0. The molecule has 0 aliphatic heterocycles. The lowest BCUT2D eigenvalue weighted by molar-refractivity contribution is -0.152. The molecule has 0 bridgehead atoms. The molecule has 1 saturated carbocycles. The monoisotopic (exact) mass is 465 g/mol. The minimum absolute atomic E-state index is 0.00818. The summed E-state index contributed by atoms with van der Waals surface area (Å²) in [6, 6.07) is 19.5. The summed E-state index contributed by atoms with van der Waals surface area (Å²) in [5, 5.41) is 13.3. The Hall–Kier alpha value is -2.66. The minimum Gasteiger partial charge on any atom is -0.452 e. The van der Waals surface area contributed by atoms with E-state index in [1.165, 1.54) is 0 Å². The third-order valence-electron chi connectivity index (χ3n) is 7.40. The van der Waals surface area contributed by atoms with Crippen molar-refractivity contribution in [3.63, 3.8) is 0 Å². The van der Waals surface area contributed by atoms with Gasteiger partial charge in [-0.1, -0.05) is 87.4 Å². The molecule has 34 heavy (non-hydrogen) atoms. The third-order valence-corrected chi connectivity index (χ3v) is 7.40. The van der Waals surface area contributed by atoms with Gasteiger partial charge < -0.3 is 15.2 Å². The minimum atomic E-state index is -0.475. The van der Waals surface area contributed by atoms with E-state index in [-0.39, 0.29) is 42.3 Å². The summed E-state index contributed by atoms with van der Waals surface area (Å²) in [4.78, 5) is 25.4. The zero-order chi connectivity index (χ0) is 24.5. The molecule has 2 aromatic carbocycles. The van der Waals surface area contributed by atoms with Gasteiger partial charge in [0, 0.05) is 19.6 Å². The fourth-order valence-corrected chi connectivity index (χ4v) is 5.43. The van der Waals surface area contributed by atoms with Gasteiger partial charge in [-0.05, 0) is 48.1 Å². The normalized spacial score (nSPS) is 20.9. The number of hydrogen-bond acceptors (Lipinski definition) is 4. The molecule has 184 valence electrons. The van der Waals surface area contributed by atoms with Crippen molar-refractivity contribution >= 4 is 11.9 Å². The molecule has 3 rings (SSSR count). The number of rotatable bonds is 11. The van der Waals surface area contributed by atoms with Gasteiger partial charge in [-0.3, -0.25) is 9.59 Å². The maximum Gasteiger partial charge on any atom is 0.309 e. The number of hydrogen-bond donors (Lipinski definition) is 2. The van der Waals surface area contributed by atoms with Crippen LogP contribution in [0.15, 0.2) is 60.7 Å². The standard InChI is InChI=1S/C29H39NO4/c1-4-21(5-2)16-27(30-20(3)32)26-18-24(17-25(26)19-31)29(33)34-28(22-12-8-6-9-13-22)23-14-10-7-11-15-23/h6-15,21,24-28,31H,4-5,16-19H2,1-3H3,(H,30,32)/t24-,25-,26+,27-/m0/s1. The fourth-order valence-electron chi connectivity index (χ4n) is 5.43. The highest BCUT2D eigenvalue weighted by Crippen LogP contribution is 2.42. The Balaban J connectivity index is 1.78. The van der Waals surface area contributed by atoms with Crippen LogP contribution in [-0.4, -0.2) is 29.6 Å². The van der Waals surface area contributed by atoms with Crippen LogP contribution in [-0.2, 0) is 14.3 Å². The van der Waals surface area contributed by atoms with E-state index in [1.54, 1.807) is 6.92 Å². The SMILES string of the molecule is CCC(CC)C[C@H](NC(C)=O)[C@@H]1C[C@@H](C(=O)OC(c2ccccc2)c2ccccc2)C[C@H]1CO. The summed E-state index contributed by atoms with van der Waals surface area (Å²) in [5.74, 6) is -0.0676. The van der Waals surface area contributed by atoms with Crippen LogP contribution in [0, 0.1) is 23.7 Å². The average Bonchev–Trinajstić information content (AvgIpc) is 3.30. The Labute approximate surface area is 203 Å². The molecule has 2 N–H and O–H groups in total. The van der Waals surface area contributed by atoms with E-state index < -0.39 is 6.10 Å². The van der Waals surface area contributed by atoms with E-state index in [0.29, 0.717) is 18.8 Å². The maximum absolute atomic E-state index is 13.4. The fraction of sp³-hybridized carbons (Fsp3) is 0.517. The van der Waals surface area contributed by atoms with E-state index in [2.05, 4.69) is 19.2 Å². The van der Waals surface area contributed by atoms with Crippen molar-refractivity contribution < 1.29 is 19.4 Å². The van der Waals surface area contributed by atoms with Crippen molar-refractivity contribution in [2.24, 2.45) is 23.7 Å². The van der Waals surface area contributed by atoms with Gasteiger partial charge >= 0.3 is 5.97 Å². The molecule has 1 amide bonds. The smallest absolute Gasteiger partial charge is 0.309 e. The van der Waals surface area contributed by atoms with Gasteiger partial charge in [0.05, 0.1) is 5.92 Å². The molecular weight excluding hydrogens is 426 g/mol. The molecule has 0 radical (unpaired) electrons. The van der Waals surface area contributed by atoms with Crippen LogP contribution in [0.3, 0.4) is 0 Å². The molecule has 0 aromatic heterocycles. The van der Waals surface area contributed by atoms with Gasteiger partial charge in [-0.25, -0.2) is 0 Å². The average molecular weight is 466 g/mol. The topological polar surface area (TPSA) is 75.6 Å². The molecule has 0 spiro atoms. The summed E-state index contributed by atoms with van der Waals surface area (Å²) in [6.07, 6.45) is 3.68. The highest BCUT2D eigenvalue weighted by molar-refractivity contribution is 5.74. The van der Waals surface area contributed by atoms with Crippen molar-refractivity contribution in [3.8, 4) is 0 Å². The molecule has 0 heterocycles. The molecule has 0 unspecified atom stereocenters. The summed E-state index contributed by atoms with van der Waals surface area (Å²) in [5.41, 5.74) is 1.86. The molecule has 5 nitrogen and oxygen atoms in total. The Morgan fingerprint density at radius 2 is 1.53 bits per heavy atom. The molecule has 1 aliphatic rings. The number of benzene rings is 2. The Kier molecular flexibility index (Phi) is 9.70. The number of esters is 1. The molecular formula is C29H39NO4. The summed E-state index contributed by atoms with van der Waals surface area (Å²) < 4.78 is 6.12. The molecule has 1 aliphatic carbocycles. The second kappa shape index (κ2) is 12.7. The number of carbonyl (C=O) groups excluding carboxylic acids is 2. The van der Waals surface area contributed by atoms with E-state index in [0.717, 1.165) is 30.4 Å². The molecule has 2 aromatic rings. The van der Waals surface area contributed by atoms with Crippen molar-refractivity contribution in [3.05, 3.63) is 71.8 Å². The second-order valence-corrected chi connectivity index (χ2v) is 9.64. The highest BCUT2D eigenvalue weighted by Gasteiger charge is 2.43. The van der Waals surface area contributed by atoms with Gasteiger partial charge in [0.25, 0.3) is 0 Å². The van der Waals surface area contributed by atoms with Crippen LogP contribution in [0.1, 0.15) is 70.1 Å². The number of amides is 1. The van der Waals surface area contributed by atoms with Crippen LogP contribution in [0.5, 0.6) is 0 Å². The van der Waals surface area contributed by atoms with Gasteiger partial charge in [-0.2, -0.15) is 0 Å². The quantitative estimate of drug-likeness (QED) is 0.443. The lowest BCUT2D eigenvalue weighted by Gasteiger charge is -2.31. The van der Waals surface area contributed by atoms with E-state index >= 15 is 0 Å². The van der Waals surface area contributed by atoms with E-state index in [9.17, 15) is 14.7 Å². The summed E-state index contributed by atoms with van der Waals surface area (Å²) in [7, 11) is 0.